The first-order chi connectivity index (χ1) is 4.88. The number of rotatable bonds is 1. The fraction of sp³-hybridized carbons (Fsp3) is 0.778. The van der Waals surface area contributed by atoms with Crippen molar-refractivity contribution in [2.24, 2.45) is 17.8 Å². The van der Waals surface area contributed by atoms with Crippen molar-refractivity contribution < 1.29 is 5.11 Å². The van der Waals surface area contributed by atoms with Gasteiger partial charge in [-0.3, -0.25) is 0 Å². The van der Waals surface area contributed by atoms with Crippen LogP contribution in [0.2, 0.25) is 0 Å². The fourth-order valence-corrected chi connectivity index (χ4v) is 2.31. The van der Waals surface area contributed by atoms with Gasteiger partial charge in [0.05, 0.1) is 0 Å². The summed E-state index contributed by atoms with van der Waals surface area (Å²) in [7, 11) is 0. The summed E-state index contributed by atoms with van der Waals surface area (Å²) in [6.07, 6.45) is 8.48. The zero-order valence-corrected chi connectivity index (χ0v) is 6.16. The molecule has 56 valence electrons. The average molecular weight is 138 g/mol. The second kappa shape index (κ2) is 2.39. The minimum Gasteiger partial charge on any atom is -0.396 e. The van der Waals surface area contributed by atoms with Crippen LogP contribution in [0.3, 0.4) is 0 Å². The minimum atomic E-state index is 0.398. The van der Waals surface area contributed by atoms with E-state index in [1.807, 2.05) is 0 Å². The molecule has 0 heterocycles. The first kappa shape index (κ1) is 6.41. The van der Waals surface area contributed by atoms with Crippen LogP contribution < -0.4 is 0 Å². The van der Waals surface area contributed by atoms with Gasteiger partial charge in [-0.15, -0.1) is 0 Å². The molecule has 0 saturated heterocycles. The topological polar surface area (TPSA) is 20.2 Å². The molecule has 1 fully saturated rings. The van der Waals surface area contributed by atoms with Gasteiger partial charge in [-0.05, 0) is 37.0 Å². The maximum Gasteiger partial charge on any atom is 0.0459 e. The molecule has 0 radical (unpaired) electrons. The van der Waals surface area contributed by atoms with Crippen molar-refractivity contribution >= 4 is 0 Å². The lowest BCUT2D eigenvalue weighted by atomic mass is 9.80. The lowest BCUT2D eigenvalue weighted by Gasteiger charge is -2.25. The Bertz CT molecular complexity index is 137. The Morgan fingerprint density at radius 2 is 1.70 bits per heavy atom. The normalized spacial score (nSPS) is 44.3. The number of allylic oxidation sites excluding steroid dienone is 2. The highest BCUT2D eigenvalue weighted by molar-refractivity contribution is 5.05. The van der Waals surface area contributed by atoms with E-state index >= 15 is 0 Å². The van der Waals surface area contributed by atoms with Gasteiger partial charge in [0, 0.05) is 6.61 Å². The summed E-state index contributed by atoms with van der Waals surface area (Å²) in [5, 5.41) is 8.93. The highest BCUT2D eigenvalue weighted by Crippen LogP contribution is 2.39. The van der Waals surface area contributed by atoms with Gasteiger partial charge in [0.1, 0.15) is 0 Å². The number of aliphatic hydroxyl groups excluding tert-OH is 1. The van der Waals surface area contributed by atoms with Crippen LogP contribution in [0.15, 0.2) is 12.2 Å². The molecule has 0 aromatic carbocycles. The third kappa shape index (κ3) is 0.988. The molecule has 0 aliphatic heterocycles. The first-order valence-corrected chi connectivity index (χ1v) is 4.17. The molecule has 0 aromatic rings. The van der Waals surface area contributed by atoms with Crippen LogP contribution in [0.1, 0.15) is 19.3 Å². The lowest BCUT2D eigenvalue weighted by molar-refractivity contribution is 0.163. The van der Waals surface area contributed by atoms with Gasteiger partial charge >= 0.3 is 0 Å². The maximum absolute atomic E-state index is 8.93. The third-order valence-electron chi connectivity index (χ3n) is 2.79. The number of aliphatic hydroxyl groups is 1. The zero-order valence-electron chi connectivity index (χ0n) is 6.16. The molecule has 2 bridgehead atoms. The summed E-state index contributed by atoms with van der Waals surface area (Å²) in [4.78, 5) is 0. The number of fused-ring (bicyclic) bond motifs is 2. The van der Waals surface area contributed by atoms with E-state index in [0.29, 0.717) is 12.5 Å². The standard InChI is InChI=1S/C9H14O/c10-6-9-4-7-1-2-8(3-7)5-9/h1-2,7-10H,3-6H2/t7-,8+,9?. The number of hydrogen-bond acceptors (Lipinski definition) is 1. The maximum atomic E-state index is 8.93. The molecule has 1 heteroatoms. The SMILES string of the molecule is OCC1C[C@H]2C=C[C@@H](C1)C2. The van der Waals surface area contributed by atoms with Gasteiger partial charge in [-0.2, -0.15) is 0 Å². The molecule has 0 spiro atoms. The molecule has 1 N–H and O–H groups in total. The summed E-state index contributed by atoms with van der Waals surface area (Å²) in [5.74, 6) is 2.20. The van der Waals surface area contributed by atoms with Gasteiger partial charge in [-0.25, -0.2) is 0 Å². The van der Waals surface area contributed by atoms with Crippen molar-refractivity contribution in [3.8, 4) is 0 Å². The van der Waals surface area contributed by atoms with E-state index < -0.39 is 0 Å². The molecule has 0 aromatic heterocycles. The monoisotopic (exact) mass is 138 g/mol. The smallest absolute Gasteiger partial charge is 0.0459 e. The number of hydrogen-bond donors (Lipinski definition) is 1. The van der Waals surface area contributed by atoms with E-state index in [1.165, 1.54) is 19.3 Å². The Morgan fingerprint density at radius 3 is 2.20 bits per heavy atom. The molecule has 1 unspecified atom stereocenters. The van der Waals surface area contributed by atoms with Crippen LogP contribution in [0.25, 0.3) is 0 Å². The van der Waals surface area contributed by atoms with Gasteiger partial charge in [0.25, 0.3) is 0 Å². The Balaban J connectivity index is 2.01. The highest BCUT2D eigenvalue weighted by Gasteiger charge is 2.29. The van der Waals surface area contributed by atoms with E-state index in [0.717, 1.165) is 11.8 Å². The quantitative estimate of drug-likeness (QED) is 0.545. The Kier molecular flexibility index (Phi) is 1.53. The molecule has 3 atom stereocenters. The highest BCUT2D eigenvalue weighted by atomic mass is 16.3. The minimum absolute atomic E-state index is 0.398. The van der Waals surface area contributed by atoms with Crippen LogP contribution in [0.4, 0.5) is 0 Å². The lowest BCUT2D eigenvalue weighted by Crippen LogP contribution is -2.19. The van der Waals surface area contributed by atoms with Crippen molar-refractivity contribution in [1.29, 1.82) is 0 Å². The molecule has 2 aliphatic carbocycles. The van der Waals surface area contributed by atoms with Crippen LogP contribution in [-0.2, 0) is 0 Å². The van der Waals surface area contributed by atoms with Crippen molar-refractivity contribution in [3.63, 3.8) is 0 Å². The van der Waals surface area contributed by atoms with Gasteiger partial charge in [0.2, 0.25) is 0 Å². The Hall–Kier alpha value is -0.300. The molecule has 1 nitrogen and oxygen atoms in total. The van der Waals surface area contributed by atoms with Crippen molar-refractivity contribution in [3.05, 3.63) is 12.2 Å². The fourth-order valence-electron chi connectivity index (χ4n) is 2.31. The van der Waals surface area contributed by atoms with Gasteiger partial charge in [-0.1, -0.05) is 12.2 Å². The largest absolute Gasteiger partial charge is 0.396 e. The van der Waals surface area contributed by atoms with Crippen LogP contribution in [0, 0.1) is 17.8 Å². The van der Waals surface area contributed by atoms with E-state index in [4.69, 9.17) is 5.11 Å². The summed E-state index contributed by atoms with van der Waals surface area (Å²) >= 11 is 0. The van der Waals surface area contributed by atoms with E-state index in [2.05, 4.69) is 12.2 Å². The second-order valence-corrected chi connectivity index (χ2v) is 3.66. The summed E-state index contributed by atoms with van der Waals surface area (Å²) in [6.45, 7) is 0.398. The molecule has 1 saturated carbocycles. The van der Waals surface area contributed by atoms with Gasteiger partial charge < -0.3 is 5.11 Å². The second-order valence-electron chi connectivity index (χ2n) is 3.66. The van der Waals surface area contributed by atoms with E-state index in [9.17, 15) is 0 Å². The van der Waals surface area contributed by atoms with E-state index in [-0.39, 0.29) is 0 Å². The van der Waals surface area contributed by atoms with Crippen LogP contribution >= 0.6 is 0 Å². The predicted octanol–water partition coefficient (Wildman–Crippen LogP) is 1.58. The molecular weight excluding hydrogens is 124 g/mol. The van der Waals surface area contributed by atoms with Crippen LogP contribution in [-0.4, -0.2) is 11.7 Å². The summed E-state index contributed by atoms with van der Waals surface area (Å²) in [6, 6.07) is 0. The van der Waals surface area contributed by atoms with E-state index in [1.54, 1.807) is 0 Å². The zero-order chi connectivity index (χ0) is 6.97. The van der Waals surface area contributed by atoms with Gasteiger partial charge in [0.15, 0.2) is 0 Å². The summed E-state index contributed by atoms with van der Waals surface area (Å²) in [5.41, 5.74) is 0. The van der Waals surface area contributed by atoms with Crippen molar-refractivity contribution in [2.75, 3.05) is 6.61 Å². The van der Waals surface area contributed by atoms with Crippen molar-refractivity contribution in [2.45, 2.75) is 19.3 Å². The van der Waals surface area contributed by atoms with Crippen molar-refractivity contribution in [1.82, 2.24) is 0 Å². The molecule has 0 amide bonds. The summed E-state index contributed by atoms with van der Waals surface area (Å²) < 4.78 is 0. The third-order valence-corrected chi connectivity index (χ3v) is 2.79. The molecule has 10 heavy (non-hydrogen) atoms. The predicted molar refractivity (Wildman–Crippen MR) is 40.5 cm³/mol. The molecule has 2 rings (SSSR count). The molecular formula is C9H14O. The van der Waals surface area contributed by atoms with Crippen LogP contribution in [0.5, 0.6) is 0 Å². The Labute approximate surface area is 61.8 Å². The molecule has 2 aliphatic rings. The average Bonchev–Trinajstić information content (AvgIpc) is 2.30. The first-order valence-electron chi connectivity index (χ1n) is 4.17. The Morgan fingerprint density at radius 1 is 1.10 bits per heavy atom.